The summed E-state index contributed by atoms with van der Waals surface area (Å²) in [7, 11) is 0. The Bertz CT molecular complexity index is 764. The van der Waals surface area contributed by atoms with Crippen LogP contribution in [0.2, 0.25) is 0 Å². The summed E-state index contributed by atoms with van der Waals surface area (Å²) in [5.74, 6) is 2.56. The van der Waals surface area contributed by atoms with Crippen molar-refractivity contribution in [2.75, 3.05) is 13.1 Å². The standard InChI is InChI=1S/C25H38N2O3.ClH/c1-4-16-20(27-30-15-9-12-26-14-15)8-11-25(3)19-7-10-24(2)18(5-6-22(24)29)17(19)13-21(28)23(16)25;/h15-19,23,26H,4-14H2,1-3H3;1H/b27-20+;/t15-,16+,17+,18+,19+,23?,24+,25-;/m1./s1. The molecule has 0 spiro atoms. The van der Waals surface area contributed by atoms with Crippen molar-refractivity contribution >= 4 is 29.7 Å². The summed E-state index contributed by atoms with van der Waals surface area (Å²) in [6, 6.07) is 0. The highest BCUT2D eigenvalue weighted by Crippen LogP contribution is 2.65. The van der Waals surface area contributed by atoms with E-state index in [4.69, 9.17) is 4.84 Å². The summed E-state index contributed by atoms with van der Waals surface area (Å²) >= 11 is 0. The normalized spacial score (nSPS) is 48.0. The van der Waals surface area contributed by atoms with Gasteiger partial charge in [-0.05, 0) is 68.2 Å². The van der Waals surface area contributed by atoms with Crippen LogP contribution in [0.5, 0.6) is 0 Å². The van der Waals surface area contributed by atoms with Gasteiger partial charge in [0, 0.05) is 43.1 Å². The van der Waals surface area contributed by atoms with E-state index in [9.17, 15) is 9.59 Å². The number of rotatable bonds is 3. The predicted molar refractivity (Wildman–Crippen MR) is 123 cm³/mol. The number of ketones is 2. The molecule has 174 valence electrons. The number of fused-ring (bicyclic) bond motifs is 5. The minimum absolute atomic E-state index is 0. The van der Waals surface area contributed by atoms with Crippen LogP contribution in [0.15, 0.2) is 5.16 Å². The lowest BCUT2D eigenvalue weighted by molar-refractivity contribution is -0.156. The lowest BCUT2D eigenvalue weighted by atomic mass is 9.43. The number of hydrogen-bond acceptors (Lipinski definition) is 5. The quantitative estimate of drug-likeness (QED) is 0.639. The molecule has 1 aliphatic heterocycles. The number of oxime groups is 1. The van der Waals surface area contributed by atoms with E-state index in [-0.39, 0.29) is 41.2 Å². The maximum absolute atomic E-state index is 13.6. The molecule has 1 heterocycles. The molecule has 0 aromatic carbocycles. The maximum Gasteiger partial charge on any atom is 0.141 e. The second kappa shape index (κ2) is 8.44. The van der Waals surface area contributed by atoms with Gasteiger partial charge in [0.1, 0.15) is 17.7 Å². The Balaban J connectivity index is 0.00000231. The van der Waals surface area contributed by atoms with E-state index in [0.29, 0.717) is 35.7 Å². The van der Waals surface area contributed by atoms with Crippen molar-refractivity contribution in [1.29, 1.82) is 0 Å². The van der Waals surface area contributed by atoms with Gasteiger partial charge in [0.2, 0.25) is 0 Å². The van der Waals surface area contributed by atoms with Gasteiger partial charge in [-0.15, -0.1) is 12.4 Å². The van der Waals surface area contributed by atoms with E-state index in [1.54, 1.807) is 0 Å². The van der Waals surface area contributed by atoms with Crippen LogP contribution in [-0.2, 0) is 14.4 Å². The Kier molecular flexibility index (Phi) is 6.33. The summed E-state index contributed by atoms with van der Waals surface area (Å²) in [5, 5.41) is 7.96. The molecule has 1 N–H and O–H groups in total. The van der Waals surface area contributed by atoms with Crippen LogP contribution >= 0.6 is 12.4 Å². The zero-order chi connectivity index (χ0) is 21.1. The Morgan fingerprint density at radius 1 is 1.10 bits per heavy atom. The Labute approximate surface area is 192 Å². The third-order valence-electron chi connectivity index (χ3n) is 10.0. The van der Waals surface area contributed by atoms with Crippen LogP contribution in [0.1, 0.15) is 78.6 Å². The summed E-state index contributed by atoms with van der Waals surface area (Å²) in [4.78, 5) is 32.2. The molecule has 5 rings (SSSR count). The second-order valence-corrected chi connectivity index (χ2v) is 11.3. The van der Waals surface area contributed by atoms with Crippen molar-refractivity contribution in [2.24, 2.45) is 45.6 Å². The molecule has 5 aliphatic rings. The molecule has 0 aromatic rings. The largest absolute Gasteiger partial charge is 0.391 e. The maximum atomic E-state index is 13.6. The number of halogens is 1. The van der Waals surface area contributed by atoms with E-state index in [0.717, 1.165) is 70.2 Å². The van der Waals surface area contributed by atoms with E-state index < -0.39 is 0 Å². The molecule has 31 heavy (non-hydrogen) atoms. The number of carbonyl (C=O) groups is 2. The zero-order valence-corrected chi connectivity index (χ0v) is 20.1. The van der Waals surface area contributed by atoms with Gasteiger partial charge < -0.3 is 10.2 Å². The molecular formula is C25H39ClN2O3. The molecule has 1 saturated heterocycles. The topological polar surface area (TPSA) is 67.8 Å². The molecule has 0 aromatic heterocycles. The molecule has 8 atom stereocenters. The van der Waals surface area contributed by atoms with Crippen LogP contribution in [0.25, 0.3) is 0 Å². The van der Waals surface area contributed by atoms with Crippen LogP contribution in [0.3, 0.4) is 0 Å². The van der Waals surface area contributed by atoms with Crippen LogP contribution < -0.4 is 5.32 Å². The third kappa shape index (κ3) is 3.49. The van der Waals surface area contributed by atoms with Gasteiger partial charge in [-0.25, -0.2) is 0 Å². The van der Waals surface area contributed by atoms with Crippen molar-refractivity contribution < 1.29 is 14.4 Å². The van der Waals surface area contributed by atoms with Crippen molar-refractivity contribution in [2.45, 2.75) is 84.7 Å². The summed E-state index contributed by atoms with van der Waals surface area (Å²) in [6.07, 6.45) is 8.64. The molecule has 4 saturated carbocycles. The molecule has 1 unspecified atom stereocenters. The number of nitrogens with one attached hydrogen (secondary N) is 1. The first-order valence-electron chi connectivity index (χ1n) is 12.4. The Hall–Kier alpha value is -0.940. The highest BCUT2D eigenvalue weighted by atomic mass is 35.5. The van der Waals surface area contributed by atoms with Crippen molar-refractivity contribution in [3.05, 3.63) is 0 Å². The van der Waals surface area contributed by atoms with Gasteiger partial charge in [0.15, 0.2) is 0 Å². The number of nitrogens with zero attached hydrogens (tertiary/aromatic N) is 1. The first kappa shape index (κ1) is 23.2. The first-order chi connectivity index (χ1) is 14.4. The number of hydrogen-bond donors (Lipinski definition) is 1. The molecule has 0 bridgehead atoms. The molecule has 5 nitrogen and oxygen atoms in total. The van der Waals surface area contributed by atoms with Gasteiger partial charge >= 0.3 is 0 Å². The average molecular weight is 451 g/mol. The molecule has 4 aliphatic carbocycles. The van der Waals surface area contributed by atoms with Crippen LogP contribution in [0.4, 0.5) is 0 Å². The van der Waals surface area contributed by atoms with Gasteiger partial charge in [-0.2, -0.15) is 0 Å². The van der Waals surface area contributed by atoms with E-state index in [2.05, 4.69) is 31.2 Å². The van der Waals surface area contributed by atoms with Gasteiger partial charge in [-0.1, -0.05) is 25.9 Å². The van der Waals surface area contributed by atoms with Crippen molar-refractivity contribution in [3.8, 4) is 0 Å². The van der Waals surface area contributed by atoms with Crippen molar-refractivity contribution in [3.63, 3.8) is 0 Å². The van der Waals surface area contributed by atoms with Crippen molar-refractivity contribution in [1.82, 2.24) is 5.32 Å². The summed E-state index contributed by atoms with van der Waals surface area (Å²) in [6.45, 7) is 8.66. The molecule has 5 fully saturated rings. The van der Waals surface area contributed by atoms with E-state index in [1.807, 2.05) is 0 Å². The lowest BCUT2D eigenvalue weighted by Gasteiger charge is -2.60. The Morgan fingerprint density at radius 3 is 2.61 bits per heavy atom. The smallest absolute Gasteiger partial charge is 0.141 e. The highest BCUT2D eigenvalue weighted by molar-refractivity contribution is 5.95. The SMILES string of the molecule is CC[C@H]1/C(=N/O[C@@H]2CCNC2)CC[C@@]2(C)C1C(=O)C[C@@H]1[C@@H]2CC[C@]2(C)C(=O)CC[C@@H]12.Cl. The summed E-state index contributed by atoms with van der Waals surface area (Å²) < 4.78 is 0. The number of carbonyl (C=O) groups excluding carboxylic acids is 2. The van der Waals surface area contributed by atoms with Gasteiger partial charge in [0.25, 0.3) is 0 Å². The zero-order valence-electron chi connectivity index (χ0n) is 19.3. The van der Waals surface area contributed by atoms with Gasteiger partial charge in [-0.3, -0.25) is 9.59 Å². The molecule has 6 heteroatoms. The summed E-state index contributed by atoms with van der Waals surface area (Å²) in [5.41, 5.74) is 0.997. The molecule has 0 radical (unpaired) electrons. The third-order valence-corrected chi connectivity index (χ3v) is 10.0. The first-order valence-corrected chi connectivity index (χ1v) is 12.4. The fourth-order valence-electron chi connectivity index (χ4n) is 8.36. The van der Waals surface area contributed by atoms with Crippen LogP contribution in [0, 0.1) is 40.4 Å². The molecule has 0 amide bonds. The molecular weight excluding hydrogens is 412 g/mol. The minimum atomic E-state index is -0.167. The number of Topliss-reactive ketones (excluding diaryl/α,β-unsaturated/α-hetero) is 2. The lowest BCUT2D eigenvalue weighted by Crippen LogP contribution is -2.59. The van der Waals surface area contributed by atoms with Gasteiger partial charge in [0.05, 0.1) is 5.71 Å². The van der Waals surface area contributed by atoms with E-state index >= 15 is 0 Å². The minimum Gasteiger partial charge on any atom is -0.391 e. The fourth-order valence-corrected chi connectivity index (χ4v) is 8.36. The average Bonchev–Trinajstić information content (AvgIpc) is 3.34. The van der Waals surface area contributed by atoms with E-state index in [1.165, 1.54) is 0 Å². The highest BCUT2D eigenvalue weighted by Gasteiger charge is 2.63. The Morgan fingerprint density at radius 2 is 1.90 bits per heavy atom. The van der Waals surface area contributed by atoms with Crippen LogP contribution in [-0.4, -0.2) is 36.5 Å². The second-order valence-electron chi connectivity index (χ2n) is 11.3. The predicted octanol–water partition coefficient (Wildman–Crippen LogP) is 4.57. The fraction of sp³-hybridized carbons (Fsp3) is 0.880. The monoisotopic (exact) mass is 450 g/mol.